The van der Waals surface area contributed by atoms with Gasteiger partial charge in [0.25, 0.3) is 0 Å². The van der Waals surface area contributed by atoms with Crippen LogP contribution in [-0.4, -0.2) is 26.1 Å². The number of carbonyl (C=O) groups excluding carboxylic acids is 1. The van der Waals surface area contributed by atoms with E-state index < -0.39 is 0 Å². The summed E-state index contributed by atoms with van der Waals surface area (Å²) in [6.45, 7) is 0. The molecule has 0 saturated heterocycles. The summed E-state index contributed by atoms with van der Waals surface area (Å²) < 4.78 is 1.55. The maximum absolute atomic E-state index is 12.3. The molecule has 0 saturated carbocycles. The molecule has 1 heterocycles. The Labute approximate surface area is 139 Å². The molecule has 6 nitrogen and oxygen atoms in total. The summed E-state index contributed by atoms with van der Waals surface area (Å²) >= 11 is 0. The van der Waals surface area contributed by atoms with E-state index in [1.54, 1.807) is 4.68 Å². The average Bonchev–Trinajstić information content (AvgIpc) is 3.26. The molecular weight excluding hydrogens is 302 g/mol. The lowest BCUT2D eigenvalue weighted by Gasteiger charge is -2.08. The Balaban J connectivity index is 1.45. The predicted octanol–water partition coefficient (Wildman–Crippen LogP) is 2.33. The molecule has 1 aromatic heterocycles. The Morgan fingerprint density at radius 3 is 2.92 bits per heavy atom. The van der Waals surface area contributed by atoms with E-state index in [1.165, 1.54) is 23.9 Å². The Morgan fingerprint density at radius 2 is 2.04 bits per heavy atom. The molecule has 1 aliphatic rings. The van der Waals surface area contributed by atoms with Crippen LogP contribution in [0.1, 0.15) is 23.1 Å². The average molecular weight is 319 g/mol. The Bertz CT molecular complexity index is 873. The van der Waals surface area contributed by atoms with E-state index in [9.17, 15) is 4.79 Å². The number of benzene rings is 2. The number of rotatable bonds is 4. The summed E-state index contributed by atoms with van der Waals surface area (Å²) in [6.07, 6.45) is 5.40. The van der Waals surface area contributed by atoms with Gasteiger partial charge in [0.1, 0.15) is 6.33 Å². The number of tetrazole rings is 1. The van der Waals surface area contributed by atoms with Gasteiger partial charge in [-0.2, -0.15) is 0 Å². The van der Waals surface area contributed by atoms with Gasteiger partial charge >= 0.3 is 0 Å². The SMILES string of the molecule is O=C(Cc1ccc2c(c1)CCC2)Nc1cccc(-n2cnnn2)c1. The van der Waals surface area contributed by atoms with Crippen molar-refractivity contribution in [2.24, 2.45) is 0 Å². The minimum atomic E-state index is -0.0261. The number of hydrogen-bond acceptors (Lipinski definition) is 4. The van der Waals surface area contributed by atoms with E-state index in [0.29, 0.717) is 6.42 Å². The van der Waals surface area contributed by atoms with Crippen LogP contribution in [0.5, 0.6) is 0 Å². The van der Waals surface area contributed by atoms with E-state index in [-0.39, 0.29) is 5.91 Å². The number of nitrogens with one attached hydrogen (secondary N) is 1. The lowest BCUT2D eigenvalue weighted by atomic mass is 10.0. The maximum Gasteiger partial charge on any atom is 0.228 e. The number of aromatic nitrogens is 4. The zero-order valence-corrected chi connectivity index (χ0v) is 13.1. The van der Waals surface area contributed by atoms with Crippen LogP contribution >= 0.6 is 0 Å². The van der Waals surface area contributed by atoms with Crippen LogP contribution in [0.2, 0.25) is 0 Å². The van der Waals surface area contributed by atoms with Crippen molar-refractivity contribution in [3.63, 3.8) is 0 Å². The van der Waals surface area contributed by atoms with Crippen LogP contribution in [0.15, 0.2) is 48.8 Å². The molecule has 0 spiro atoms. The van der Waals surface area contributed by atoms with Crippen molar-refractivity contribution in [1.82, 2.24) is 20.2 Å². The van der Waals surface area contributed by atoms with Crippen LogP contribution in [0.3, 0.4) is 0 Å². The first-order valence-corrected chi connectivity index (χ1v) is 8.02. The van der Waals surface area contributed by atoms with E-state index in [1.807, 2.05) is 24.3 Å². The highest BCUT2D eigenvalue weighted by atomic mass is 16.1. The first kappa shape index (κ1) is 14.6. The summed E-state index contributed by atoms with van der Waals surface area (Å²) in [6, 6.07) is 13.8. The highest BCUT2D eigenvalue weighted by Crippen LogP contribution is 2.23. The van der Waals surface area contributed by atoms with Crippen molar-refractivity contribution in [3.8, 4) is 5.69 Å². The molecule has 0 fully saturated rings. The summed E-state index contributed by atoms with van der Waals surface area (Å²) in [5.41, 5.74) is 5.41. The van der Waals surface area contributed by atoms with Gasteiger partial charge in [0, 0.05) is 5.69 Å². The zero-order valence-electron chi connectivity index (χ0n) is 13.1. The van der Waals surface area contributed by atoms with Crippen molar-refractivity contribution in [3.05, 3.63) is 65.5 Å². The number of hydrogen-bond donors (Lipinski definition) is 1. The molecule has 6 heteroatoms. The second kappa shape index (κ2) is 6.23. The summed E-state index contributed by atoms with van der Waals surface area (Å²) in [5, 5.41) is 14.0. The van der Waals surface area contributed by atoms with Gasteiger partial charge in [-0.1, -0.05) is 24.3 Å². The van der Waals surface area contributed by atoms with Gasteiger partial charge in [0.05, 0.1) is 12.1 Å². The quantitative estimate of drug-likeness (QED) is 0.801. The van der Waals surface area contributed by atoms with Gasteiger partial charge in [-0.15, -0.1) is 5.10 Å². The standard InChI is InChI=1S/C18H17N5O/c24-18(10-13-7-8-14-3-1-4-15(14)9-13)20-16-5-2-6-17(11-16)23-12-19-21-22-23/h2,5-9,11-12H,1,3-4,10H2,(H,20,24). The fourth-order valence-corrected chi connectivity index (χ4v) is 3.13. The van der Waals surface area contributed by atoms with Crippen LogP contribution in [0.25, 0.3) is 5.69 Å². The van der Waals surface area contributed by atoms with Crippen LogP contribution in [-0.2, 0) is 24.1 Å². The molecule has 0 radical (unpaired) electrons. The van der Waals surface area contributed by atoms with Crippen molar-refractivity contribution >= 4 is 11.6 Å². The molecule has 1 aliphatic carbocycles. The Hall–Kier alpha value is -3.02. The van der Waals surface area contributed by atoms with E-state index >= 15 is 0 Å². The van der Waals surface area contributed by atoms with Crippen molar-refractivity contribution < 1.29 is 4.79 Å². The molecule has 0 atom stereocenters. The number of fused-ring (bicyclic) bond motifs is 1. The summed E-state index contributed by atoms with van der Waals surface area (Å²) in [4.78, 5) is 12.3. The first-order chi connectivity index (χ1) is 11.8. The number of aryl methyl sites for hydroxylation is 2. The minimum Gasteiger partial charge on any atom is -0.326 e. The third-order valence-electron chi connectivity index (χ3n) is 4.27. The van der Waals surface area contributed by atoms with Crippen molar-refractivity contribution in [2.45, 2.75) is 25.7 Å². The third kappa shape index (κ3) is 3.03. The Morgan fingerprint density at radius 1 is 1.12 bits per heavy atom. The fourth-order valence-electron chi connectivity index (χ4n) is 3.13. The number of amides is 1. The second-order valence-corrected chi connectivity index (χ2v) is 5.99. The molecule has 1 amide bonds. The molecular formula is C18H17N5O. The van der Waals surface area contributed by atoms with Gasteiger partial charge in [-0.25, -0.2) is 4.68 Å². The highest BCUT2D eigenvalue weighted by Gasteiger charge is 2.12. The summed E-state index contributed by atoms with van der Waals surface area (Å²) in [5.74, 6) is -0.0261. The maximum atomic E-state index is 12.3. The van der Waals surface area contributed by atoms with E-state index in [0.717, 1.165) is 29.8 Å². The third-order valence-corrected chi connectivity index (χ3v) is 4.27. The smallest absolute Gasteiger partial charge is 0.228 e. The minimum absolute atomic E-state index is 0.0261. The van der Waals surface area contributed by atoms with Gasteiger partial charge in [0.2, 0.25) is 5.91 Å². The molecule has 4 rings (SSSR count). The van der Waals surface area contributed by atoms with Crippen LogP contribution in [0.4, 0.5) is 5.69 Å². The molecule has 1 N–H and O–H groups in total. The predicted molar refractivity (Wildman–Crippen MR) is 90.0 cm³/mol. The number of anilines is 1. The zero-order chi connectivity index (χ0) is 16.4. The molecule has 3 aromatic rings. The Kier molecular flexibility index (Phi) is 3.78. The molecule has 24 heavy (non-hydrogen) atoms. The van der Waals surface area contributed by atoms with Gasteiger partial charge < -0.3 is 5.32 Å². The lowest BCUT2D eigenvalue weighted by molar-refractivity contribution is -0.115. The monoisotopic (exact) mass is 319 g/mol. The largest absolute Gasteiger partial charge is 0.326 e. The van der Waals surface area contributed by atoms with Crippen LogP contribution in [0, 0.1) is 0 Å². The van der Waals surface area contributed by atoms with Crippen LogP contribution < -0.4 is 5.32 Å². The molecule has 2 aromatic carbocycles. The highest BCUT2D eigenvalue weighted by molar-refractivity contribution is 5.92. The molecule has 0 bridgehead atoms. The second-order valence-electron chi connectivity index (χ2n) is 5.99. The molecule has 120 valence electrons. The van der Waals surface area contributed by atoms with E-state index in [2.05, 4.69) is 39.0 Å². The van der Waals surface area contributed by atoms with Crippen molar-refractivity contribution in [1.29, 1.82) is 0 Å². The molecule has 0 aliphatic heterocycles. The summed E-state index contributed by atoms with van der Waals surface area (Å²) in [7, 11) is 0. The van der Waals surface area contributed by atoms with Crippen molar-refractivity contribution in [2.75, 3.05) is 5.32 Å². The fraction of sp³-hybridized carbons (Fsp3) is 0.222. The van der Waals surface area contributed by atoms with E-state index in [4.69, 9.17) is 0 Å². The van der Waals surface area contributed by atoms with Gasteiger partial charge in [0.15, 0.2) is 0 Å². The molecule has 0 unspecified atom stereocenters. The number of nitrogens with zero attached hydrogens (tertiary/aromatic N) is 4. The van der Waals surface area contributed by atoms with Gasteiger partial charge in [-0.05, 0) is 64.6 Å². The lowest BCUT2D eigenvalue weighted by Crippen LogP contribution is -2.14. The van der Waals surface area contributed by atoms with Gasteiger partial charge in [-0.3, -0.25) is 4.79 Å². The normalized spacial score (nSPS) is 12.8. The first-order valence-electron chi connectivity index (χ1n) is 8.02. The number of carbonyl (C=O) groups is 1. The topological polar surface area (TPSA) is 72.7 Å².